The quantitative estimate of drug-likeness (QED) is 0.674. The molecule has 21 heavy (non-hydrogen) atoms. The Morgan fingerprint density at radius 3 is 2.57 bits per heavy atom. The Morgan fingerprint density at radius 2 is 1.86 bits per heavy atom. The molecule has 0 unspecified atom stereocenters. The molecule has 0 saturated carbocycles. The predicted octanol–water partition coefficient (Wildman–Crippen LogP) is 6.31. The molecule has 1 aromatic carbocycles. The molecule has 0 spiro atoms. The fourth-order valence-corrected chi connectivity index (χ4v) is 2.35. The van der Waals surface area contributed by atoms with E-state index in [0.29, 0.717) is 26.6 Å². The van der Waals surface area contributed by atoms with E-state index in [2.05, 4.69) is 10.3 Å². The topological polar surface area (TPSA) is 34.2 Å². The molecular formula is C14H12Cl4N2O. The smallest absolute Gasteiger partial charge is 0.240 e. The summed E-state index contributed by atoms with van der Waals surface area (Å²) in [6.45, 7) is 2.78. The number of pyridine rings is 1. The lowest BCUT2D eigenvalue weighted by molar-refractivity contribution is 0.464. The Bertz CT molecular complexity index is 649. The van der Waals surface area contributed by atoms with Gasteiger partial charge in [-0.25, -0.2) is 0 Å². The van der Waals surface area contributed by atoms with Crippen LogP contribution in [0.5, 0.6) is 11.6 Å². The molecule has 0 aliphatic rings. The summed E-state index contributed by atoms with van der Waals surface area (Å²) in [6.07, 6.45) is 0.941. The zero-order chi connectivity index (χ0) is 15.4. The second kappa shape index (κ2) is 7.41. The van der Waals surface area contributed by atoms with E-state index < -0.39 is 0 Å². The van der Waals surface area contributed by atoms with E-state index in [9.17, 15) is 0 Å². The molecule has 3 nitrogen and oxygen atoms in total. The monoisotopic (exact) mass is 364 g/mol. The number of ether oxygens (including phenoxy) is 1. The summed E-state index contributed by atoms with van der Waals surface area (Å²) in [5, 5.41) is 4.51. The Morgan fingerprint density at radius 1 is 1.10 bits per heavy atom. The zero-order valence-electron chi connectivity index (χ0n) is 11.1. The number of halogens is 4. The third-order valence-electron chi connectivity index (χ3n) is 2.56. The van der Waals surface area contributed by atoms with E-state index in [0.717, 1.165) is 13.0 Å². The van der Waals surface area contributed by atoms with Crippen LogP contribution in [0.3, 0.4) is 0 Å². The maximum absolute atomic E-state index is 6.10. The number of nitrogens with zero attached hydrogens (tertiary/aromatic N) is 1. The van der Waals surface area contributed by atoms with E-state index >= 15 is 0 Å². The van der Waals surface area contributed by atoms with Crippen LogP contribution in [0.1, 0.15) is 13.3 Å². The molecule has 0 fully saturated rings. The van der Waals surface area contributed by atoms with Gasteiger partial charge in [0.2, 0.25) is 5.88 Å². The van der Waals surface area contributed by atoms with Crippen LogP contribution < -0.4 is 10.1 Å². The summed E-state index contributed by atoms with van der Waals surface area (Å²) in [6, 6.07) is 6.65. The van der Waals surface area contributed by atoms with E-state index in [1.807, 2.05) is 6.92 Å². The Labute approximate surface area is 143 Å². The Hall–Kier alpha value is -0.870. The molecule has 0 saturated heterocycles. The van der Waals surface area contributed by atoms with Crippen molar-refractivity contribution in [2.24, 2.45) is 0 Å². The van der Waals surface area contributed by atoms with Gasteiger partial charge >= 0.3 is 0 Å². The average molecular weight is 366 g/mol. The number of aromatic nitrogens is 1. The van der Waals surface area contributed by atoms with Crippen LogP contribution in [0, 0.1) is 0 Å². The minimum absolute atomic E-state index is 0.212. The molecule has 2 rings (SSSR count). The molecule has 1 heterocycles. The van der Waals surface area contributed by atoms with Gasteiger partial charge in [0.15, 0.2) is 0 Å². The molecule has 112 valence electrons. The molecule has 2 aromatic rings. The molecule has 0 atom stereocenters. The minimum Gasteiger partial charge on any atom is -0.436 e. The van der Waals surface area contributed by atoms with Gasteiger partial charge in [-0.2, -0.15) is 4.98 Å². The largest absolute Gasteiger partial charge is 0.436 e. The van der Waals surface area contributed by atoms with E-state index in [4.69, 9.17) is 51.1 Å². The van der Waals surface area contributed by atoms with Crippen molar-refractivity contribution in [3.63, 3.8) is 0 Å². The molecular weight excluding hydrogens is 354 g/mol. The number of benzene rings is 1. The van der Waals surface area contributed by atoms with Crippen molar-refractivity contribution in [2.75, 3.05) is 11.9 Å². The summed E-state index contributed by atoms with van der Waals surface area (Å²) < 4.78 is 5.64. The summed E-state index contributed by atoms with van der Waals surface area (Å²) in [7, 11) is 0. The summed E-state index contributed by atoms with van der Waals surface area (Å²) in [5.74, 6) is 1.10. The first kappa shape index (κ1) is 16.5. The van der Waals surface area contributed by atoms with E-state index in [-0.39, 0.29) is 10.9 Å². The SMILES string of the molecule is CCCNc1nc(Oc2cccc(Cl)c2Cl)c(Cl)cc1Cl. The van der Waals surface area contributed by atoms with Crippen LogP contribution in [-0.2, 0) is 0 Å². The van der Waals surface area contributed by atoms with Crippen LogP contribution in [0.4, 0.5) is 5.82 Å². The van der Waals surface area contributed by atoms with Crippen molar-refractivity contribution in [2.45, 2.75) is 13.3 Å². The summed E-state index contributed by atoms with van der Waals surface area (Å²) in [5.41, 5.74) is 0. The van der Waals surface area contributed by atoms with Crippen LogP contribution in [0.15, 0.2) is 24.3 Å². The van der Waals surface area contributed by atoms with Crippen LogP contribution in [-0.4, -0.2) is 11.5 Å². The molecule has 0 aliphatic carbocycles. The van der Waals surface area contributed by atoms with Gasteiger partial charge in [-0.15, -0.1) is 0 Å². The van der Waals surface area contributed by atoms with Gasteiger partial charge in [-0.1, -0.05) is 59.4 Å². The fourth-order valence-electron chi connectivity index (χ4n) is 1.56. The van der Waals surface area contributed by atoms with Crippen molar-refractivity contribution in [3.05, 3.63) is 44.4 Å². The molecule has 0 bridgehead atoms. The number of rotatable bonds is 5. The van der Waals surface area contributed by atoms with Gasteiger partial charge in [0.25, 0.3) is 0 Å². The number of anilines is 1. The highest BCUT2D eigenvalue weighted by Gasteiger charge is 2.13. The molecule has 1 aromatic heterocycles. The lowest BCUT2D eigenvalue weighted by Gasteiger charge is -2.12. The first-order valence-corrected chi connectivity index (χ1v) is 7.76. The first-order valence-electron chi connectivity index (χ1n) is 6.24. The third kappa shape index (κ3) is 4.07. The average Bonchev–Trinajstić information content (AvgIpc) is 2.45. The van der Waals surface area contributed by atoms with Crippen molar-refractivity contribution >= 4 is 52.2 Å². The maximum atomic E-state index is 6.10. The van der Waals surface area contributed by atoms with Crippen molar-refractivity contribution < 1.29 is 4.74 Å². The lowest BCUT2D eigenvalue weighted by Crippen LogP contribution is -2.03. The van der Waals surface area contributed by atoms with Crippen LogP contribution >= 0.6 is 46.4 Å². The van der Waals surface area contributed by atoms with Gasteiger partial charge in [0.05, 0.1) is 10.0 Å². The van der Waals surface area contributed by atoms with Crippen LogP contribution in [0.2, 0.25) is 20.1 Å². The fraction of sp³-hybridized carbons (Fsp3) is 0.214. The lowest BCUT2D eigenvalue weighted by atomic mass is 10.3. The predicted molar refractivity (Wildman–Crippen MR) is 89.6 cm³/mol. The van der Waals surface area contributed by atoms with Gasteiger partial charge < -0.3 is 10.1 Å². The molecule has 1 N–H and O–H groups in total. The molecule has 0 amide bonds. The third-order valence-corrected chi connectivity index (χ3v) is 3.92. The Kier molecular flexibility index (Phi) is 5.82. The molecule has 0 aliphatic heterocycles. The van der Waals surface area contributed by atoms with Crippen LogP contribution in [0.25, 0.3) is 0 Å². The number of hydrogen-bond acceptors (Lipinski definition) is 3. The number of nitrogens with one attached hydrogen (secondary N) is 1. The van der Waals surface area contributed by atoms with Crippen molar-refractivity contribution in [1.82, 2.24) is 4.98 Å². The van der Waals surface area contributed by atoms with Gasteiger partial charge in [-0.3, -0.25) is 0 Å². The number of hydrogen-bond donors (Lipinski definition) is 1. The minimum atomic E-state index is 0.212. The summed E-state index contributed by atoms with van der Waals surface area (Å²) >= 11 is 24.2. The standard InChI is InChI=1S/C14H12Cl4N2O/c1-2-6-19-13-9(16)7-10(17)14(20-13)21-11-5-3-4-8(15)12(11)18/h3-5,7H,2,6H2,1H3,(H,19,20). The highest BCUT2D eigenvalue weighted by atomic mass is 35.5. The molecule has 7 heteroatoms. The second-order valence-corrected chi connectivity index (χ2v) is 5.79. The maximum Gasteiger partial charge on any atom is 0.240 e. The zero-order valence-corrected chi connectivity index (χ0v) is 14.1. The molecule has 0 radical (unpaired) electrons. The Balaban J connectivity index is 2.33. The first-order chi connectivity index (χ1) is 10.0. The van der Waals surface area contributed by atoms with Gasteiger partial charge in [0, 0.05) is 6.54 Å². The van der Waals surface area contributed by atoms with Gasteiger partial charge in [0.1, 0.15) is 21.6 Å². The highest BCUT2D eigenvalue weighted by Crippen LogP contribution is 2.38. The van der Waals surface area contributed by atoms with Crippen molar-refractivity contribution in [3.8, 4) is 11.6 Å². The van der Waals surface area contributed by atoms with E-state index in [1.54, 1.807) is 24.3 Å². The summed E-state index contributed by atoms with van der Waals surface area (Å²) in [4.78, 5) is 4.28. The highest BCUT2D eigenvalue weighted by molar-refractivity contribution is 6.43. The normalized spacial score (nSPS) is 10.5. The van der Waals surface area contributed by atoms with E-state index in [1.165, 1.54) is 0 Å². The van der Waals surface area contributed by atoms with Gasteiger partial charge in [-0.05, 0) is 24.6 Å². The van der Waals surface area contributed by atoms with Crippen molar-refractivity contribution in [1.29, 1.82) is 0 Å². The second-order valence-electron chi connectivity index (χ2n) is 4.19.